The summed E-state index contributed by atoms with van der Waals surface area (Å²) in [6, 6.07) is 19.2. The molecule has 4 aromatic rings. The molecule has 1 aliphatic rings. The molecule has 5 rings (SSSR count). The topological polar surface area (TPSA) is 84.3 Å². The normalized spacial score (nSPS) is 17.1. The van der Waals surface area contributed by atoms with Crippen LogP contribution in [0.15, 0.2) is 85.5 Å². The first-order chi connectivity index (χ1) is 17.6. The summed E-state index contributed by atoms with van der Waals surface area (Å²) in [5, 5.41) is 6.96. The molecule has 0 bridgehead atoms. The van der Waals surface area contributed by atoms with Crippen molar-refractivity contribution in [3.8, 4) is 11.4 Å². The number of thiocarbonyl (C=S) groups is 1. The van der Waals surface area contributed by atoms with Crippen molar-refractivity contribution in [2.75, 3.05) is 17.3 Å². The maximum absolute atomic E-state index is 12.0. The van der Waals surface area contributed by atoms with Crippen LogP contribution in [0, 0.1) is 0 Å². The lowest BCUT2D eigenvalue weighted by atomic mass is 10.0. The van der Waals surface area contributed by atoms with Gasteiger partial charge in [0.15, 0.2) is 5.11 Å². The van der Waals surface area contributed by atoms with Gasteiger partial charge in [-0.05, 0) is 60.7 Å². The highest BCUT2D eigenvalue weighted by molar-refractivity contribution is 7.80. The Morgan fingerprint density at radius 2 is 1.92 bits per heavy atom. The highest BCUT2D eigenvalue weighted by Gasteiger charge is 2.42. The molecule has 0 saturated carbocycles. The molecular formula is C27H26N6O2S. The number of nitrogens with zero attached hydrogens (tertiary/aromatic N) is 4. The van der Waals surface area contributed by atoms with Crippen LogP contribution in [0.1, 0.15) is 36.8 Å². The fourth-order valence-corrected chi connectivity index (χ4v) is 4.83. The van der Waals surface area contributed by atoms with Crippen LogP contribution in [0.3, 0.4) is 0 Å². The van der Waals surface area contributed by atoms with E-state index in [1.807, 2.05) is 67.7 Å². The Hall–Kier alpha value is -4.24. The minimum atomic E-state index is -0.212. The van der Waals surface area contributed by atoms with E-state index in [0.717, 1.165) is 22.8 Å². The first-order valence-corrected chi connectivity index (χ1v) is 12.1. The molecule has 1 saturated heterocycles. The first-order valence-electron chi connectivity index (χ1n) is 11.7. The Morgan fingerprint density at radius 1 is 1.08 bits per heavy atom. The highest BCUT2D eigenvalue weighted by Crippen LogP contribution is 2.43. The largest absolute Gasteiger partial charge is 0.494 e. The van der Waals surface area contributed by atoms with Crippen LogP contribution in [0.25, 0.3) is 5.69 Å². The lowest BCUT2D eigenvalue weighted by Gasteiger charge is -2.29. The zero-order valence-corrected chi connectivity index (χ0v) is 20.8. The fourth-order valence-electron chi connectivity index (χ4n) is 4.48. The van der Waals surface area contributed by atoms with Crippen LogP contribution in [0.2, 0.25) is 0 Å². The zero-order valence-electron chi connectivity index (χ0n) is 20.0. The number of nitrogens with one attached hydrogen (secondary N) is 2. The van der Waals surface area contributed by atoms with Crippen molar-refractivity contribution < 1.29 is 9.53 Å². The van der Waals surface area contributed by atoms with Gasteiger partial charge in [-0.25, -0.2) is 0 Å². The van der Waals surface area contributed by atoms with Crippen LogP contribution in [-0.4, -0.2) is 32.7 Å². The first kappa shape index (κ1) is 23.5. The Morgan fingerprint density at radius 3 is 2.64 bits per heavy atom. The number of rotatable bonds is 7. The Bertz CT molecular complexity index is 1380. The molecule has 8 nitrogen and oxygen atoms in total. The molecule has 36 heavy (non-hydrogen) atoms. The van der Waals surface area contributed by atoms with Gasteiger partial charge >= 0.3 is 0 Å². The molecular weight excluding hydrogens is 472 g/mol. The molecule has 1 aliphatic heterocycles. The van der Waals surface area contributed by atoms with Gasteiger partial charge in [0.25, 0.3) is 0 Å². The quantitative estimate of drug-likeness (QED) is 0.354. The van der Waals surface area contributed by atoms with Gasteiger partial charge in [-0.2, -0.15) is 0 Å². The number of amides is 1. The lowest BCUT2D eigenvalue weighted by molar-refractivity contribution is -0.115. The summed E-state index contributed by atoms with van der Waals surface area (Å²) < 4.78 is 7.76. The van der Waals surface area contributed by atoms with E-state index in [0.29, 0.717) is 23.0 Å². The van der Waals surface area contributed by atoms with Gasteiger partial charge in [0.05, 0.1) is 24.5 Å². The van der Waals surface area contributed by atoms with Gasteiger partial charge in [0, 0.05) is 54.3 Å². The molecule has 1 fully saturated rings. The zero-order chi connectivity index (χ0) is 25.1. The summed E-state index contributed by atoms with van der Waals surface area (Å²) in [5.74, 6) is 0.476. The van der Waals surface area contributed by atoms with E-state index in [4.69, 9.17) is 17.0 Å². The number of ether oxygens (including phenoxy) is 1. The molecule has 1 aromatic carbocycles. The smallest absolute Gasteiger partial charge is 0.224 e. The maximum Gasteiger partial charge on any atom is 0.224 e. The minimum absolute atomic E-state index is 0.0809. The van der Waals surface area contributed by atoms with Gasteiger partial charge in [-0.3, -0.25) is 14.8 Å². The van der Waals surface area contributed by atoms with Gasteiger partial charge in [-0.15, -0.1) is 0 Å². The molecule has 182 valence electrons. The van der Waals surface area contributed by atoms with Crippen molar-refractivity contribution in [2.45, 2.75) is 25.4 Å². The Balaban J connectivity index is 1.62. The summed E-state index contributed by atoms with van der Waals surface area (Å²) in [6.07, 6.45) is 7.75. The standard InChI is InChI=1S/C27H26N6O2S/c1-3-24(34)30-20-10-9-19(17-23(20)35-2)33-26(25(31-27(33)36)21-7-4-5-13-29-21)22-8-6-16-32(22)18-11-14-28-15-12-18/h4-17,25-26H,3H2,1-2H3,(H,30,34)(H,31,36)/t25-,26+/m1/s1. The number of hydrogen-bond donors (Lipinski definition) is 2. The van der Waals surface area contributed by atoms with E-state index < -0.39 is 0 Å². The van der Waals surface area contributed by atoms with Crippen molar-refractivity contribution in [3.63, 3.8) is 0 Å². The molecule has 2 N–H and O–H groups in total. The summed E-state index contributed by atoms with van der Waals surface area (Å²) in [5.41, 5.74) is 4.37. The van der Waals surface area contributed by atoms with Gasteiger partial charge in [-0.1, -0.05) is 13.0 Å². The maximum atomic E-state index is 12.0. The number of methoxy groups -OCH3 is 1. The second kappa shape index (κ2) is 10.2. The second-order valence-electron chi connectivity index (χ2n) is 8.29. The van der Waals surface area contributed by atoms with Crippen molar-refractivity contribution in [1.82, 2.24) is 19.9 Å². The van der Waals surface area contributed by atoms with Crippen LogP contribution < -0.4 is 20.3 Å². The van der Waals surface area contributed by atoms with Crippen LogP contribution in [-0.2, 0) is 4.79 Å². The number of hydrogen-bond acceptors (Lipinski definition) is 5. The number of carbonyl (C=O) groups is 1. The van der Waals surface area contributed by atoms with Gasteiger partial charge in [0.2, 0.25) is 5.91 Å². The summed E-state index contributed by atoms with van der Waals surface area (Å²) in [4.78, 5) is 22.9. The van der Waals surface area contributed by atoms with Crippen LogP contribution >= 0.6 is 12.2 Å². The Kier molecular flexibility index (Phi) is 6.64. The van der Waals surface area contributed by atoms with E-state index in [-0.39, 0.29) is 18.0 Å². The third-order valence-corrected chi connectivity index (χ3v) is 6.50. The van der Waals surface area contributed by atoms with E-state index in [2.05, 4.69) is 36.1 Å². The van der Waals surface area contributed by atoms with Crippen LogP contribution in [0.5, 0.6) is 5.75 Å². The number of pyridine rings is 2. The molecule has 0 spiro atoms. The van der Waals surface area contributed by atoms with Crippen molar-refractivity contribution >= 4 is 34.6 Å². The molecule has 4 heterocycles. The number of benzene rings is 1. The summed E-state index contributed by atoms with van der Waals surface area (Å²) >= 11 is 5.87. The monoisotopic (exact) mass is 498 g/mol. The minimum Gasteiger partial charge on any atom is -0.494 e. The number of aromatic nitrogens is 3. The molecule has 3 aromatic heterocycles. The highest BCUT2D eigenvalue weighted by atomic mass is 32.1. The number of anilines is 2. The lowest BCUT2D eigenvalue weighted by Crippen LogP contribution is -2.30. The molecule has 0 unspecified atom stereocenters. The van der Waals surface area contributed by atoms with Gasteiger partial charge < -0.3 is 24.8 Å². The summed E-state index contributed by atoms with van der Waals surface area (Å²) in [7, 11) is 1.59. The van der Waals surface area contributed by atoms with Crippen LogP contribution in [0.4, 0.5) is 11.4 Å². The van der Waals surface area contributed by atoms with E-state index in [9.17, 15) is 4.79 Å². The van der Waals surface area contributed by atoms with E-state index in [1.54, 1.807) is 25.7 Å². The molecule has 1 amide bonds. The summed E-state index contributed by atoms with van der Waals surface area (Å²) in [6.45, 7) is 1.81. The molecule has 0 radical (unpaired) electrons. The Labute approximate surface area is 215 Å². The van der Waals surface area contributed by atoms with Crippen molar-refractivity contribution in [1.29, 1.82) is 0 Å². The SMILES string of the molecule is CCC(=O)Nc1ccc(N2C(=S)N[C@H](c3ccccn3)[C@@H]2c2cccn2-c2ccncc2)cc1OC. The average Bonchev–Trinajstić information content (AvgIpc) is 3.54. The fraction of sp³-hybridized carbons (Fsp3) is 0.185. The molecule has 0 aliphatic carbocycles. The van der Waals surface area contributed by atoms with E-state index in [1.165, 1.54) is 0 Å². The third-order valence-electron chi connectivity index (χ3n) is 6.18. The molecule has 9 heteroatoms. The van der Waals surface area contributed by atoms with Gasteiger partial charge in [0.1, 0.15) is 11.8 Å². The third kappa shape index (κ3) is 4.40. The predicted octanol–water partition coefficient (Wildman–Crippen LogP) is 4.80. The molecule has 2 atom stereocenters. The van der Waals surface area contributed by atoms with Crippen molar-refractivity contribution in [3.05, 3.63) is 96.8 Å². The predicted molar refractivity (Wildman–Crippen MR) is 143 cm³/mol. The second-order valence-corrected chi connectivity index (χ2v) is 8.68. The van der Waals surface area contributed by atoms with E-state index >= 15 is 0 Å². The number of carbonyl (C=O) groups excluding carboxylic acids is 1. The average molecular weight is 499 g/mol. The van der Waals surface area contributed by atoms with Crippen molar-refractivity contribution in [2.24, 2.45) is 0 Å².